The number of esters is 1. The molecule has 0 saturated heterocycles. The van der Waals surface area contributed by atoms with Crippen molar-refractivity contribution in [1.82, 2.24) is 0 Å². The quantitative estimate of drug-likeness (QED) is 0.545. The molecule has 26 heavy (non-hydrogen) atoms. The van der Waals surface area contributed by atoms with Crippen molar-refractivity contribution in [1.29, 1.82) is 0 Å². The van der Waals surface area contributed by atoms with E-state index in [1.807, 2.05) is 54.6 Å². The van der Waals surface area contributed by atoms with Gasteiger partial charge in [0.25, 0.3) is 0 Å². The molecule has 2 aromatic carbocycles. The van der Waals surface area contributed by atoms with Gasteiger partial charge >= 0.3 is 5.97 Å². The topological polar surface area (TPSA) is 44.8 Å². The first-order chi connectivity index (χ1) is 12.6. The van der Waals surface area contributed by atoms with E-state index in [-0.39, 0.29) is 5.97 Å². The number of thiophene rings is 1. The van der Waals surface area contributed by atoms with Crippen molar-refractivity contribution < 1.29 is 19.0 Å². The molecule has 3 rings (SSSR count). The number of methoxy groups -OCH3 is 2. The normalized spacial score (nSPS) is 10.4. The molecule has 0 fully saturated rings. The standard InChI is InChI=1S/C21H20O4S/c1-4-19(22)25-20-13-18(14-5-9-16(23-2)10-6-14)21(26-20)15-7-11-17(24-3)12-8-15/h5-13H,4H2,1-3H3. The molecule has 1 heterocycles. The van der Waals surface area contributed by atoms with Crippen LogP contribution in [0, 0.1) is 0 Å². The molecule has 0 radical (unpaired) electrons. The minimum Gasteiger partial charge on any atom is -0.497 e. The van der Waals surface area contributed by atoms with Crippen molar-refractivity contribution in [3.63, 3.8) is 0 Å². The number of rotatable bonds is 6. The van der Waals surface area contributed by atoms with Crippen LogP contribution in [0.25, 0.3) is 21.6 Å². The highest BCUT2D eigenvalue weighted by molar-refractivity contribution is 7.18. The van der Waals surface area contributed by atoms with Gasteiger partial charge in [-0.25, -0.2) is 0 Å². The first-order valence-corrected chi connectivity index (χ1v) is 9.09. The summed E-state index contributed by atoms with van der Waals surface area (Å²) in [5.41, 5.74) is 3.09. The molecule has 0 aliphatic heterocycles. The van der Waals surface area contributed by atoms with Crippen LogP contribution >= 0.6 is 11.3 Å². The number of ether oxygens (including phenoxy) is 3. The fourth-order valence-electron chi connectivity index (χ4n) is 2.54. The summed E-state index contributed by atoms with van der Waals surface area (Å²) in [5.74, 6) is 1.36. The van der Waals surface area contributed by atoms with E-state index < -0.39 is 0 Å². The van der Waals surface area contributed by atoms with Crippen molar-refractivity contribution in [2.45, 2.75) is 13.3 Å². The maximum atomic E-state index is 11.7. The van der Waals surface area contributed by atoms with Gasteiger partial charge in [0, 0.05) is 22.9 Å². The second-order valence-electron chi connectivity index (χ2n) is 5.59. The fraction of sp³-hybridized carbons (Fsp3) is 0.190. The minimum absolute atomic E-state index is 0.242. The summed E-state index contributed by atoms with van der Waals surface area (Å²) in [7, 11) is 3.29. The van der Waals surface area contributed by atoms with Crippen LogP contribution < -0.4 is 14.2 Å². The summed E-state index contributed by atoms with van der Waals surface area (Å²) in [6.07, 6.45) is 0.341. The summed E-state index contributed by atoms with van der Waals surface area (Å²) in [4.78, 5) is 12.7. The fourth-order valence-corrected chi connectivity index (χ4v) is 3.60. The molecule has 4 nitrogen and oxygen atoms in total. The van der Waals surface area contributed by atoms with Gasteiger partial charge in [0.05, 0.1) is 14.2 Å². The molecule has 1 aromatic heterocycles. The molecule has 0 N–H and O–H groups in total. The van der Waals surface area contributed by atoms with Gasteiger partial charge < -0.3 is 14.2 Å². The van der Waals surface area contributed by atoms with Gasteiger partial charge in [0.1, 0.15) is 11.5 Å². The van der Waals surface area contributed by atoms with Gasteiger partial charge in [-0.1, -0.05) is 30.4 Å². The van der Waals surface area contributed by atoms with E-state index in [0.29, 0.717) is 11.5 Å². The number of carbonyl (C=O) groups is 1. The van der Waals surface area contributed by atoms with Crippen molar-refractivity contribution in [2.24, 2.45) is 0 Å². The van der Waals surface area contributed by atoms with Crippen LogP contribution in [-0.2, 0) is 4.79 Å². The molecule has 134 valence electrons. The lowest BCUT2D eigenvalue weighted by molar-refractivity contribution is -0.133. The third kappa shape index (κ3) is 3.89. The zero-order chi connectivity index (χ0) is 18.5. The van der Waals surface area contributed by atoms with Crippen LogP contribution in [0.15, 0.2) is 54.6 Å². The first kappa shape index (κ1) is 18.0. The highest BCUT2D eigenvalue weighted by Crippen LogP contribution is 2.43. The van der Waals surface area contributed by atoms with Crippen molar-refractivity contribution in [3.05, 3.63) is 54.6 Å². The average Bonchev–Trinajstić information content (AvgIpc) is 3.11. The van der Waals surface area contributed by atoms with Gasteiger partial charge in [-0.2, -0.15) is 0 Å². The molecule has 0 saturated carbocycles. The second kappa shape index (κ2) is 8.06. The third-order valence-electron chi connectivity index (χ3n) is 3.97. The predicted octanol–water partition coefficient (Wildman–Crippen LogP) is 5.41. The third-order valence-corrected chi connectivity index (χ3v) is 5.03. The van der Waals surface area contributed by atoms with Gasteiger partial charge in [0.15, 0.2) is 5.06 Å². The lowest BCUT2D eigenvalue weighted by atomic mass is 10.0. The molecule has 0 aliphatic rings. The van der Waals surface area contributed by atoms with E-state index in [2.05, 4.69) is 0 Å². The summed E-state index contributed by atoms with van der Waals surface area (Å²) < 4.78 is 15.9. The van der Waals surface area contributed by atoms with Crippen molar-refractivity contribution in [2.75, 3.05) is 14.2 Å². The van der Waals surface area contributed by atoms with Crippen molar-refractivity contribution >= 4 is 17.3 Å². The molecule has 0 unspecified atom stereocenters. The molecular formula is C21H20O4S. The minimum atomic E-state index is -0.242. The van der Waals surface area contributed by atoms with E-state index in [0.717, 1.165) is 33.1 Å². The highest BCUT2D eigenvalue weighted by atomic mass is 32.1. The summed E-state index contributed by atoms with van der Waals surface area (Å²) in [6, 6.07) is 17.6. The molecule has 0 bridgehead atoms. The number of hydrogen-bond acceptors (Lipinski definition) is 5. The lowest BCUT2D eigenvalue weighted by Gasteiger charge is -2.06. The van der Waals surface area contributed by atoms with Crippen LogP contribution in [0.4, 0.5) is 0 Å². The molecule has 5 heteroatoms. The Hall–Kier alpha value is -2.79. The summed E-state index contributed by atoms with van der Waals surface area (Å²) in [6.45, 7) is 1.78. The van der Waals surface area contributed by atoms with E-state index in [4.69, 9.17) is 14.2 Å². The van der Waals surface area contributed by atoms with Gasteiger partial charge in [0.2, 0.25) is 0 Å². The molecule has 0 atom stereocenters. The Morgan fingerprint density at radius 1 is 0.885 bits per heavy atom. The second-order valence-corrected chi connectivity index (χ2v) is 6.61. The Balaban J connectivity index is 2.05. The molecule has 0 amide bonds. The smallest absolute Gasteiger partial charge is 0.311 e. The highest BCUT2D eigenvalue weighted by Gasteiger charge is 2.16. The Labute approximate surface area is 157 Å². The zero-order valence-electron chi connectivity index (χ0n) is 14.9. The molecule has 0 aliphatic carbocycles. The zero-order valence-corrected chi connectivity index (χ0v) is 15.8. The number of carbonyl (C=O) groups excluding carboxylic acids is 1. The predicted molar refractivity (Wildman–Crippen MR) is 104 cm³/mol. The summed E-state index contributed by atoms with van der Waals surface area (Å²) in [5, 5.41) is 0.591. The summed E-state index contributed by atoms with van der Waals surface area (Å²) >= 11 is 1.46. The number of hydrogen-bond donors (Lipinski definition) is 0. The van der Waals surface area contributed by atoms with Crippen molar-refractivity contribution in [3.8, 4) is 38.1 Å². The maximum absolute atomic E-state index is 11.7. The first-order valence-electron chi connectivity index (χ1n) is 8.28. The Morgan fingerprint density at radius 2 is 1.42 bits per heavy atom. The van der Waals surface area contributed by atoms with Crippen LogP contribution in [0.5, 0.6) is 16.6 Å². The van der Waals surface area contributed by atoms with Crippen LogP contribution in [0.1, 0.15) is 13.3 Å². The van der Waals surface area contributed by atoms with E-state index in [1.54, 1.807) is 21.1 Å². The van der Waals surface area contributed by atoms with Crippen LogP contribution in [-0.4, -0.2) is 20.2 Å². The lowest BCUT2D eigenvalue weighted by Crippen LogP contribution is -2.03. The molecular weight excluding hydrogens is 348 g/mol. The van der Waals surface area contributed by atoms with Gasteiger partial charge in [-0.15, -0.1) is 0 Å². The Bertz CT molecular complexity index is 814. The van der Waals surface area contributed by atoms with E-state index >= 15 is 0 Å². The van der Waals surface area contributed by atoms with Gasteiger partial charge in [-0.05, 0) is 47.5 Å². The SMILES string of the molecule is CCC(=O)Oc1cc(-c2ccc(OC)cc2)c(-c2ccc(OC)cc2)s1. The van der Waals surface area contributed by atoms with Crippen LogP contribution in [0.3, 0.4) is 0 Å². The maximum Gasteiger partial charge on any atom is 0.311 e. The monoisotopic (exact) mass is 368 g/mol. The van der Waals surface area contributed by atoms with E-state index in [9.17, 15) is 4.79 Å². The Morgan fingerprint density at radius 3 is 1.92 bits per heavy atom. The number of benzene rings is 2. The average molecular weight is 368 g/mol. The molecule has 0 spiro atoms. The largest absolute Gasteiger partial charge is 0.497 e. The van der Waals surface area contributed by atoms with E-state index in [1.165, 1.54) is 11.3 Å². The van der Waals surface area contributed by atoms with Crippen LogP contribution in [0.2, 0.25) is 0 Å². The Kier molecular flexibility index (Phi) is 5.58. The van der Waals surface area contributed by atoms with Gasteiger partial charge in [-0.3, -0.25) is 4.79 Å². The molecule has 3 aromatic rings.